The number of carbonyl (C=O) groups excluding carboxylic acids is 2. The van der Waals surface area contributed by atoms with Crippen LogP contribution in [0.4, 0.5) is 10.1 Å². The summed E-state index contributed by atoms with van der Waals surface area (Å²) in [5, 5.41) is 14.4. The number of amides is 2. The van der Waals surface area contributed by atoms with E-state index in [1.54, 1.807) is 17.0 Å². The molecule has 3 aromatic carbocycles. The van der Waals surface area contributed by atoms with Gasteiger partial charge in [0, 0.05) is 55.5 Å². The number of rotatable bonds is 10. The van der Waals surface area contributed by atoms with E-state index in [1.807, 2.05) is 18.2 Å². The van der Waals surface area contributed by atoms with Gasteiger partial charge in [-0.15, -0.1) is 0 Å². The topological polar surface area (TPSA) is 122 Å². The summed E-state index contributed by atoms with van der Waals surface area (Å²) >= 11 is 0. The minimum Gasteiger partial charge on any atom is -0.352 e. The summed E-state index contributed by atoms with van der Waals surface area (Å²) in [5.41, 5.74) is 8.49. The summed E-state index contributed by atoms with van der Waals surface area (Å²) in [5.74, 6) is -0.931. The molecule has 10 heteroatoms. The van der Waals surface area contributed by atoms with E-state index >= 15 is 0 Å². The van der Waals surface area contributed by atoms with Gasteiger partial charge in [-0.3, -0.25) is 24.6 Å². The van der Waals surface area contributed by atoms with Crippen molar-refractivity contribution in [1.82, 2.24) is 15.1 Å². The lowest BCUT2D eigenvalue weighted by atomic mass is 9.91. The molecule has 1 saturated carbocycles. The number of nitrogens with zero attached hydrogens (tertiary/aromatic N) is 3. The number of hydrogen-bond acceptors (Lipinski definition) is 6. The fourth-order valence-corrected chi connectivity index (χ4v) is 6.14. The van der Waals surface area contributed by atoms with Crippen molar-refractivity contribution in [3.8, 4) is 0 Å². The van der Waals surface area contributed by atoms with E-state index in [4.69, 9.17) is 5.73 Å². The fraction of sp³-hybridized carbons (Fsp3) is 0.394. The zero-order valence-electron chi connectivity index (χ0n) is 24.1. The minimum absolute atomic E-state index is 0.0171. The predicted octanol–water partition coefficient (Wildman–Crippen LogP) is 4.45. The van der Waals surface area contributed by atoms with Crippen LogP contribution in [0.25, 0.3) is 0 Å². The average molecular weight is 588 g/mol. The third kappa shape index (κ3) is 7.82. The Hall–Kier alpha value is -4.15. The Kier molecular flexibility index (Phi) is 9.79. The first-order valence-corrected chi connectivity index (χ1v) is 14.9. The Labute approximate surface area is 251 Å². The van der Waals surface area contributed by atoms with Gasteiger partial charge in [-0.05, 0) is 73.9 Å². The van der Waals surface area contributed by atoms with Gasteiger partial charge < -0.3 is 16.0 Å². The van der Waals surface area contributed by atoms with Crippen LogP contribution < -0.4 is 11.1 Å². The largest absolute Gasteiger partial charge is 0.352 e. The molecule has 0 aromatic heterocycles. The van der Waals surface area contributed by atoms with Crippen LogP contribution in [0.2, 0.25) is 0 Å². The van der Waals surface area contributed by atoms with Gasteiger partial charge in [0.15, 0.2) is 0 Å². The van der Waals surface area contributed by atoms with E-state index in [9.17, 15) is 24.1 Å². The Morgan fingerprint density at radius 1 is 0.953 bits per heavy atom. The number of benzene rings is 3. The summed E-state index contributed by atoms with van der Waals surface area (Å²) in [6.07, 6.45) is 4.50. The van der Waals surface area contributed by atoms with Crippen molar-refractivity contribution < 1.29 is 18.9 Å². The number of nitrogens with one attached hydrogen (secondary N) is 1. The SMILES string of the molecule is NC1CCC(NC(=O)C2CC(N(CCc3ccccc3)Cc3ccc([N+](=O)[O-])cc3)CN2C(=O)c2ccc(F)cc2)CC1. The van der Waals surface area contributed by atoms with E-state index < -0.39 is 16.8 Å². The third-order valence-corrected chi connectivity index (χ3v) is 8.63. The van der Waals surface area contributed by atoms with Crippen LogP contribution in [-0.2, 0) is 17.8 Å². The van der Waals surface area contributed by atoms with Crippen molar-refractivity contribution in [3.05, 3.63) is 111 Å². The maximum absolute atomic E-state index is 13.7. The molecule has 3 aromatic rings. The summed E-state index contributed by atoms with van der Waals surface area (Å²) in [4.78, 5) is 42.1. The molecule has 226 valence electrons. The molecular weight excluding hydrogens is 549 g/mol. The molecule has 2 amide bonds. The Balaban J connectivity index is 1.39. The smallest absolute Gasteiger partial charge is 0.269 e. The van der Waals surface area contributed by atoms with Crippen LogP contribution in [0, 0.1) is 15.9 Å². The monoisotopic (exact) mass is 587 g/mol. The van der Waals surface area contributed by atoms with Crippen molar-refractivity contribution in [2.75, 3.05) is 13.1 Å². The van der Waals surface area contributed by atoms with Gasteiger partial charge in [0.1, 0.15) is 11.9 Å². The van der Waals surface area contributed by atoms with Crippen molar-refractivity contribution in [2.45, 2.75) is 69.2 Å². The highest BCUT2D eigenvalue weighted by atomic mass is 19.1. The van der Waals surface area contributed by atoms with Crippen LogP contribution in [0.3, 0.4) is 0 Å². The standard InChI is InChI=1S/C33H38FN5O4/c34-26-10-8-25(9-11-26)33(41)38-22-30(20-31(38)32(40)36-28-14-12-27(35)13-15-28)37(19-18-23-4-2-1-3-5-23)21-24-6-16-29(17-7-24)39(42)43/h1-11,16-17,27-28,30-31H,12-15,18-22,35H2,(H,36,40). The molecule has 0 spiro atoms. The van der Waals surface area contributed by atoms with Crippen molar-refractivity contribution in [3.63, 3.8) is 0 Å². The first-order valence-electron chi connectivity index (χ1n) is 14.9. The maximum atomic E-state index is 13.7. The van der Waals surface area contributed by atoms with Crippen molar-refractivity contribution >= 4 is 17.5 Å². The molecule has 0 bridgehead atoms. The molecule has 1 saturated heterocycles. The van der Waals surface area contributed by atoms with Crippen LogP contribution in [0.5, 0.6) is 0 Å². The van der Waals surface area contributed by atoms with Crippen LogP contribution in [-0.4, -0.2) is 63.8 Å². The summed E-state index contributed by atoms with van der Waals surface area (Å²) in [6.45, 7) is 1.49. The van der Waals surface area contributed by atoms with Crippen LogP contribution >= 0.6 is 0 Å². The van der Waals surface area contributed by atoms with E-state index in [2.05, 4.69) is 22.3 Å². The fourth-order valence-electron chi connectivity index (χ4n) is 6.14. The summed E-state index contributed by atoms with van der Waals surface area (Å²) in [7, 11) is 0. The second-order valence-electron chi connectivity index (χ2n) is 11.6. The number of non-ortho nitro benzene ring substituents is 1. The Morgan fingerprint density at radius 2 is 1.63 bits per heavy atom. The van der Waals surface area contributed by atoms with Gasteiger partial charge in [0.05, 0.1) is 4.92 Å². The molecule has 5 rings (SSSR count). The average Bonchev–Trinajstić information content (AvgIpc) is 3.47. The summed E-state index contributed by atoms with van der Waals surface area (Å²) in [6, 6.07) is 21.3. The molecular formula is C33H38FN5O4. The molecule has 43 heavy (non-hydrogen) atoms. The number of nitrogens with two attached hydrogens (primary N) is 1. The lowest BCUT2D eigenvalue weighted by molar-refractivity contribution is -0.384. The molecule has 1 aliphatic carbocycles. The normalized spacial score (nSPS) is 22.0. The number of hydrogen-bond donors (Lipinski definition) is 2. The third-order valence-electron chi connectivity index (χ3n) is 8.63. The lowest BCUT2D eigenvalue weighted by Gasteiger charge is -2.30. The first kappa shape index (κ1) is 30.3. The highest BCUT2D eigenvalue weighted by Gasteiger charge is 2.42. The Bertz CT molecular complexity index is 1400. The highest BCUT2D eigenvalue weighted by Crippen LogP contribution is 2.28. The minimum atomic E-state index is -0.686. The van der Waals surface area contributed by atoms with E-state index in [1.165, 1.54) is 42.0 Å². The number of likely N-dealkylation sites (tertiary alicyclic amines) is 1. The van der Waals surface area contributed by atoms with E-state index in [-0.39, 0.29) is 35.6 Å². The first-order chi connectivity index (χ1) is 20.8. The molecule has 2 unspecified atom stereocenters. The van der Waals surface area contributed by atoms with Gasteiger partial charge in [-0.25, -0.2) is 4.39 Å². The lowest BCUT2D eigenvalue weighted by Crippen LogP contribution is -2.50. The van der Waals surface area contributed by atoms with E-state index in [0.29, 0.717) is 31.6 Å². The summed E-state index contributed by atoms with van der Waals surface area (Å²) < 4.78 is 13.6. The molecule has 2 aliphatic rings. The van der Waals surface area contributed by atoms with Crippen molar-refractivity contribution in [2.24, 2.45) is 5.73 Å². The maximum Gasteiger partial charge on any atom is 0.269 e. The number of nitro groups is 1. The van der Waals surface area contributed by atoms with Gasteiger partial charge in [-0.1, -0.05) is 42.5 Å². The Morgan fingerprint density at radius 3 is 2.28 bits per heavy atom. The predicted molar refractivity (Wildman–Crippen MR) is 162 cm³/mol. The second kappa shape index (κ2) is 13.9. The van der Waals surface area contributed by atoms with Gasteiger partial charge in [0.25, 0.3) is 11.6 Å². The molecule has 1 aliphatic heterocycles. The van der Waals surface area contributed by atoms with Crippen LogP contribution in [0.15, 0.2) is 78.9 Å². The molecule has 9 nitrogen and oxygen atoms in total. The van der Waals surface area contributed by atoms with Gasteiger partial charge in [-0.2, -0.15) is 0 Å². The zero-order chi connectivity index (χ0) is 30.3. The second-order valence-corrected chi connectivity index (χ2v) is 11.6. The number of halogens is 1. The van der Waals surface area contributed by atoms with Crippen molar-refractivity contribution in [1.29, 1.82) is 0 Å². The van der Waals surface area contributed by atoms with Crippen LogP contribution in [0.1, 0.15) is 53.6 Å². The van der Waals surface area contributed by atoms with Gasteiger partial charge in [0.2, 0.25) is 5.91 Å². The highest BCUT2D eigenvalue weighted by molar-refractivity contribution is 5.98. The number of nitro benzene ring substituents is 1. The molecule has 1 heterocycles. The molecule has 0 radical (unpaired) electrons. The quantitative estimate of drug-likeness (QED) is 0.267. The van der Waals surface area contributed by atoms with Gasteiger partial charge >= 0.3 is 0 Å². The van der Waals surface area contributed by atoms with E-state index in [0.717, 1.165) is 37.7 Å². The molecule has 3 N–H and O–H groups in total. The molecule has 2 fully saturated rings. The zero-order valence-corrected chi connectivity index (χ0v) is 24.1. The number of carbonyl (C=O) groups is 2. The molecule has 2 atom stereocenters.